The number of methoxy groups -OCH3 is 1. The highest BCUT2D eigenvalue weighted by Crippen LogP contribution is 2.02. The smallest absolute Gasteiger partial charge is 0.331 e. The summed E-state index contributed by atoms with van der Waals surface area (Å²) in [6, 6.07) is 1.89. The van der Waals surface area contributed by atoms with Crippen LogP contribution in [0.15, 0.2) is 22.8 Å². The van der Waals surface area contributed by atoms with Gasteiger partial charge in [0, 0.05) is 0 Å². The maximum atomic E-state index is 11.5. The Morgan fingerprint density at radius 1 is 1.56 bits per heavy atom. The molecule has 1 heterocycles. The van der Waals surface area contributed by atoms with Crippen LogP contribution in [0.3, 0.4) is 0 Å². The molecule has 0 aromatic carbocycles. The molecule has 1 aromatic rings. The van der Waals surface area contributed by atoms with E-state index in [0.717, 1.165) is 0 Å². The largest absolute Gasteiger partial charge is 0.467 e. The zero-order valence-corrected chi connectivity index (χ0v) is 8.97. The molecule has 0 unspecified atom stereocenters. The molecule has 0 radical (unpaired) electrons. The van der Waals surface area contributed by atoms with Crippen molar-refractivity contribution in [3.63, 3.8) is 0 Å². The second-order valence-corrected chi connectivity index (χ2v) is 3.19. The molecule has 0 aliphatic heterocycles. The number of carbonyl (C=O) groups excluding carboxylic acids is 2. The lowest BCUT2D eigenvalue weighted by Gasteiger charge is -2.17. The Labute approximate surface area is 92.2 Å². The van der Waals surface area contributed by atoms with Gasteiger partial charge in [0.05, 0.1) is 19.5 Å². The van der Waals surface area contributed by atoms with Crippen LogP contribution >= 0.6 is 0 Å². The van der Waals surface area contributed by atoms with Crippen molar-refractivity contribution >= 4 is 11.9 Å². The van der Waals surface area contributed by atoms with Crippen molar-refractivity contribution in [2.45, 2.75) is 19.1 Å². The van der Waals surface area contributed by atoms with Crippen LogP contribution in [0.25, 0.3) is 0 Å². The first kappa shape index (κ1) is 12.3. The van der Waals surface area contributed by atoms with Crippen molar-refractivity contribution < 1.29 is 23.8 Å². The Balaban J connectivity index is 2.69. The van der Waals surface area contributed by atoms with Gasteiger partial charge in [0.15, 0.2) is 11.8 Å². The Hall–Kier alpha value is -1.82. The molecule has 0 aliphatic carbocycles. The van der Waals surface area contributed by atoms with Crippen LogP contribution in [0.1, 0.15) is 17.5 Å². The first-order chi connectivity index (χ1) is 7.56. The van der Waals surface area contributed by atoms with Crippen molar-refractivity contribution in [3.8, 4) is 0 Å². The van der Waals surface area contributed by atoms with E-state index in [0.29, 0.717) is 0 Å². The van der Waals surface area contributed by atoms with Crippen molar-refractivity contribution in [3.05, 3.63) is 24.2 Å². The molecular weight excluding hydrogens is 214 g/mol. The van der Waals surface area contributed by atoms with Crippen LogP contribution < -0.4 is 5.32 Å². The zero-order chi connectivity index (χ0) is 12.1. The zero-order valence-electron chi connectivity index (χ0n) is 8.97. The molecular formula is C10H13NO5. The van der Waals surface area contributed by atoms with Crippen molar-refractivity contribution in [1.29, 1.82) is 0 Å². The fourth-order valence-electron chi connectivity index (χ4n) is 1.12. The number of furan rings is 1. The third-order valence-corrected chi connectivity index (χ3v) is 1.97. The SMILES string of the molecule is COC(=O)[C@@H](NC(=O)c1ccco1)[C@@H](C)O. The van der Waals surface area contributed by atoms with Gasteiger partial charge in [0.1, 0.15) is 0 Å². The first-order valence-corrected chi connectivity index (χ1v) is 4.66. The quantitative estimate of drug-likeness (QED) is 0.703. The fraction of sp³-hybridized carbons (Fsp3) is 0.400. The molecule has 16 heavy (non-hydrogen) atoms. The second-order valence-electron chi connectivity index (χ2n) is 3.19. The average molecular weight is 227 g/mol. The highest BCUT2D eigenvalue weighted by atomic mass is 16.5. The van der Waals surface area contributed by atoms with E-state index in [9.17, 15) is 14.7 Å². The average Bonchev–Trinajstić information content (AvgIpc) is 2.77. The van der Waals surface area contributed by atoms with Gasteiger partial charge in [-0.2, -0.15) is 0 Å². The number of hydrogen-bond acceptors (Lipinski definition) is 5. The summed E-state index contributed by atoms with van der Waals surface area (Å²) < 4.78 is 9.29. The van der Waals surface area contributed by atoms with E-state index in [2.05, 4.69) is 10.1 Å². The Morgan fingerprint density at radius 3 is 2.69 bits per heavy atom. The Kier molecular flexibility index (Phi) is 4.07. The van der Waals surface area contributed by atoms with Crippen LogP contribution in [0.2, 0.25) is 0 Å². The van der Waals surface area contributed by atoms with Gasteiger partial charge in [-0.3, -0.25) is 4.79 Å². The number of hydrogen-bond donors (Lipinski definition) is 2. The van der Waals surface area contributed by atoms with Crippen LogP contribution in [0.4, 0.5) is 0 Å². The first-order valence-electron chi connectivity index (χ1n) is 4.66. The summed E-state index contributed by atoms with van der Waals surface area (Å²) in [6.45, 7) is 1.38. The topological polar surface area (TPSA) is 88.8 Å². The number of esters is 1. The second kappa shape index (κ2) is 5.32. The van der Waals surface area contributed by atoms with Crippen molar-refractivity contribution in [1.82, 2.24) is 5.32 Å². The molecule has 6 heteroatoms. The van der Waals surface area contributed by atoms with E-state index in [4.69, 9.17) is 4.42 Å². The number of ether oxygens (including phenoxy) is 1. The fourth-order valence-corrected chi connectivity index (χ4v) is 1.12. The Bertz CT molecular complexity index is 357. The van der Waals surface area contributed by atoms with Crippen LogP contribution in [-0.4, -0.2) is 36.2 Å². The monoisotopic (exact) mass is 227 g/mol. The standard InChI is InChI=1S/C10H13NO5/c1-6(12)8(10(14)15-2)11-9(13)7-4-3-5-16-7/h3-6,8,12H,1-2H3,(H,11,13)/t6-,8+/m1/s1. The van der Waals surface area contributed by atoms with Gasteiger partial charge in [0.25, 0.3) is 5.91 Å². The molecule has 0 bridgehead atoms. The van der Waals surface area contributed by atoms with Crippen LogP contribution in [0.5, 0.6) is 0 Å². The molecule has 0 fully saturated rings. The van der Waals surface area contributed by atoms with Crippen molar-refractivity contribution in [2.24, 2.45) is 0 Å². The van der Waals surface area contributed by atoms with Gasteiger partial charge in [-0.25, -0.2) is 4.79 Å². The van der Waals surface area contributed by atoms with Gasteiger partial charge >= 0.3 is 5.97 Å². The van der Waals surface area contributed by atoms with Gasteiger partial charge in [-0.1, -0.05) is 0 Å². The molecule has 0 spiro atoms. The predicted molar refractivity (Wildman–Crippen MR) is 53.7 cm³/mol. The lowest BCUT2D eigenvalue weighted by molar-refractivity contribution is -0.145. The van der Waals surface area contributed by atoms with Crippen molar-refractivity contribution in [2.75, 3.05) is 7.11 Å². The number of amides is 1. The molecule has 1 aromatic heterocycles. The summed E-state index contributed by atoms with van der Waals surface area (Å²) in [5.41, 5.74) is 0. The van der Waals surface area contributed by atoms with Gasteiger partial charge in [-0.05, 0) is 19.1 Å². The maximum absolute atomic E-state index is 11.5. The molecule has 88 valence electrons. The minimum Gasteiger partial charge on any atom is -0.467 e. The highest BCUT2D eigenvalue weighted by Gasteiger charge is 2.27. The molecule has 0 saturated heterocycles. The Morgan fingerprint density at radius 2 is 2.25 bits per heavy atom. The van der Waals surface area contributed by atoms with E-state index in [1.807, 2.05) is 0 Å². The summed E-state index contributed by atoms with van der Waals surface area (Å²) >= 11 is 0. The summed E-state index contributed by atoms with van der Waals surface area (Å²) in [4.78, 5) is 22.7. The van der Waals surface area contributed by atoms with E-state index in [-0.39, 0.29) is 5.76 Å². The van der Waals surface area contributed by atoms with Gasteiger partial charge in [0.2, 0.25) is 0 Å². The van der Waals surface area contributed by atoms with Gasteiger partial charge in [-0.15, -0.1) is 0 Å². The minimum atomic E-state index is -1.11. The van der Waals surface area contributed by atoms with E-state index in [1.165, 1.54) is 26.4 Å². The molecule has 2 atom stereocenters. The minimum absolute atomic E-state index is 0.0644. The predicted octanol–water partition coefficient (Wildman–Crippen LogP) is -0.0682. The number of nitrogens with one attached hydrogen (secondary N) is 1. The molecule has 0 saturated carbocycles. The van der Waals surface area contributed by atoms with Gasteiger partial charge < -0.3 is 19.6 Å². The molecule has 6 nitrogen and oxygen atoms in total. The van der Waals surface area contributed by atoms with Crippen LogP contribution in [0, 0.1) is 0 Å². The van der Waals surface area contributed by atoms with E-state index < -0.39 is 24.0 Å². The summed E-state index contributed by atoms with van der Waals surface area (Å²) in [5, 5.41) is 11.6. The third kappa shape index (κ3) is 2.83. The number of rotatable bonds is 4. The lowest BCUT2D eigenvalue weighted by Crippen LogP contribution is -2.48. The van der Waals surface area contributed by atoms with Crippen LogP contribution in [-0.2, 0) is 9.53 Å². The normalized spacial score (nSPS) is 13.9. The number of carbonyl (C=O) groups is 2. The summed E-state index contributed by atoms with van der Waals surface area (Å²) in [7, 11) is 1.18. The summed E-state index contributed by atoms with van der Waals surface area (Å²) in [6.07, 6.45) is 0.288. The number of aliphatic hydroxyl groups is 1. The molecule has 1 amide bonds. The third-order valence-electron chi connectivity index (χ3n) is 1.97. The highest BCUT2D eigenvalue weighted by molar-refractivity contribution is 5.94. The maximum Gasteiger partial charge on any atom is 0.331 e. The number of aliphatic hydroxyl groups excluding tert-OH is 1. The lowest BCUT2D eigenvalue weighted by atomic mass is 10.2. The van der Waals surface area contributed by atoms with E-state index >= 15 is 0 Å². The summed E-state index contributed by atoms with van der Waals surface area (Å²) in [5.74, 6) is -1.23. The molecule has 1 rings (SSSR count). The molecule has 0 aliphatic rings. The molecule has 2 N–H and O–H groups in total. The van der Waals surface area contributed by atoms with E-state index in [1.54, 1.807) is 6.07 Å².